The highest BCUT2D eigenvalue weighted by atomic mass is 19.1. The van der Waals surface area contributed by atoms with Crippen LogP contribution in [0.1, 0.15) is 11.1 Å². The molecule has 0 saturated heterocycles. The highest BCUT2D eigenvalue weighted by Gasteiger charge is 2.11. The molecule has 0 atom stereocenters. The highest BCUT2D eigenvalue weighted by Crippen LogP contribution is 2.12. The molecule has 1 aliphatic rings. The van der Waals surface area contributed by atoms with Gasteiger partial charge in [-0.15, -0.1) is 0 Å². The summed E-state index contributed by atoms with van der Waals surface area (Å²) < 4.78 is 18.3. The molecule has 0 N–H and O–H groups in total. The van der Waals surface area contributed by atoms with Gasteiger partial charge in [0.1, 0.15) is 12.4 Å². The van der Waals surface area contributed by atoms with E-state index in [0.717, 1.165) is 5.56 Å². The zero-order chi connectivity index (χ0) is 9.26. The maximum Gasteiger partial charge on any atom is 0.216 e. The minimum absolute atomic E-state index is 0.212. The SMILES string of the molecule is Cc1ccc(C2=NCCO2)cc1F. The summed E-state index contributed by atoms with van der Waals surface area (Å²) in [6.45, 7) is 3.01. The quantitative estimate of drug-likeness (QED) is 0.645. The summed E-state index contributed by atoms with van der Waals surface area (Å²) in [5, 5.41) is 0. The molecule has 0 spiro atoms. The molecule has 2 rings (SSSR count). The summed E-state index contributed by atoms with van der Waals surface area (Å²) >= 11 is 0. The number of ether oxygens (including phenoxy) is 1. The summed E-state index contributed by atoms with van der Waals surface area (Å²) in [4.78, 5) is 4.10. The normalized spacial score (nSPS) is 15.4. The van der Waals surface area contributed by atoms with Gasteiger partial charge in [0.25, 0.3) is 0 Å². The first-order valence-corrected chi connectivity index (χ1v) is 4.21. The van der Waals surface area contributed by atoms with E-state index in [-0.39, 0.29) is 5.82 Å². The second-order valence-electron chi connectivity index (χ2n) is 3.00. The Morgan fingerprint density at radius 3 is 2.92 bits per heavy atom. The predicted molar refractivity (Wildman–Crippen MR) is 48.5 cm³/mol. The fraction of sp³-hybridized carbons (Fsp3) is 0.300. The Kier molecular flexibility index (Phi) is 2.00. The van der Waals surface area contributed by atoms with E-state index in [9.17, 15) is 4.39 Å². The number of hydrogen-bond donors (Lipinski definition) is 0. The first-order valence-electron chi connectivity index (χ1n) is 4.21. The second kappa shape index (κ2) is 3.17. The standard InChI is InChI=1S/C10H10FNO/c1-7-2-3-8(6-9(7)11)10-12-4-5-13-10/h2-3,6H,4-5H2,1H3. The minimum atomic E-state index is -0.212. The Labute approximate surface area is 76.1 Å². The van der Waals surface area contributed by atoms with Crippen LogP contribution in [-0.4, -0.2) is 19.0 Å². The molecule has 0 unspecified atom stereocenters. The molecular formula is C10H10FNO. The molecule has 13 heavy (non-hydrogen) atoms. The van der Waals surface area contributed by atoms with E-state index in [4.69, 9.17) is 4.74 Å². The first-order chi connectivity index (χ1) is 6.27. The van der Waals surface area contributed by atoms with Crippen LogP contribution in [-0.2, 0) is 4.74 Å². The van der Waals surface area contributed by atoms with Crippen molar-refractivity contribution in [2.24, 2.45) is 4.99 Å². The van der Waals surface area contributed by atoms with Gasteiger partial charge in [-0.1, -0.05) is 6.07 Å². The van der Waals surface area contributed by atoms with Crippen molar-refractivity contribution in [1.29, 1.82) is 0 Å². The van der Waals surface area contributed by atoms with Crippen LogP contribution < -0.4 is 0 Å². The van der Waals surface area contributed by atoms with Gasteiger partial charge < -0.3 is 4.74 Å². The predicted octanol–water partition coefficient (Wildman–Crippen LogP) is 1.91. The molecule has 0 aromatic heterocycles. The molecule has 0 amide bonds. The molecule has 1 aliphatic heterocycles. The Hall–Kier alpha value is -1.38. The zero-order valence-electron chi connectivity index (χ0n) is 7.38. The van der Waals surface area contributed by atoms with Crippen LogP contribution in [0.2, 0.25) is 0 Å². The van der Waals surface area contributed by atoms with E-state index in [0.29, 0.717) is 24.6 Å². The third-order valence-corrected chi connectivity index (χ3v) is 2.00. The molecule has 2 nitrogen and oxygen atoms in total. The fourth-order valence-corrected chi connectivity index (χ4v) is 1.24. The lowest BCUT2D eigenvalue weighted by molar-refractivity contribution is 0.348. The van der Waals surface area contributed by atoms with Crippen LogP contribution >= 0.6 is 0 Å². The van der Waals surface area contributed by atoms with E-state index >= 15 is 0 Å². The van der Waals surface area contributed by atoms with Gasteiger partial charge in [-0.2, -0.15) is 0 Å². The van der Waals surface area contributed by atoms with E-state index < -0.39 is 0 Å². The minimum Gasteiger partial charge on any atom is -0.476 e. The lowest BCUT2D eigenvalue weighted by atomic mass is 10.1. The zero-order valence-corrected chi connectivity index (χ0v) is 7.38. The van der Waals surface area contributed by atoms with Crippen LogP contribution in [0.15, 0.2) is 23.2 Å². The first kappa shape index (κ1) is 8.23. The van der Waals surface area contributed by atoms with Crippen molar-refractivity contribution in [2.45, 2.75) is 6.92 Å². The molecule has 1 heterocycles. The van der Waals surface area contributed by atoms with Gasteiger partial charge in [0.2, 0.25) is 5.90 Å². The van der Waals surface area contributed by atoms with Gasteiger partial charge >= 0.3 is 0 Å². The van der Waals surface area contributed by atoms with Crippen molar-refractivity contribution in [1.82, 2.24) is 0 Å². The number of hydrogen-bond acceptors (Lipinski definition) is 2. The molecular weight excluding hydrogens is 169 g/mol. The number of nitrogens with zero attached hydrogens (tertiary/aromatic N) is 1. The van der Waals surface area contributed by atoms with Gasteiger partial charge in [0, 0.05) is 5.56 Å². The maximum atomic E-state index is 13.1. The van der Waals surface area contributed by atoms with E-state index in [2.05, 4.69) is 4.99 Å². The molecule has 1 aromatic rings. The summed E-state index contributed by atoms with van der Waals surface area (Å²) in [5.41, 5.74) is 1.36. The molecule has 0 saturated carbocycles. The third kappa shape index (κ3) is 1.54. The topological polar surface area (TPSA) is 21.6 Å². The lowest BCUT2D eigenvalue weighted by Gasteiger charge is -2.02. The second-order valence-corrected chi connectivity index (χ2v) is 3.00. The number of rotatable bonds is 1. The van der Waals surface area contributed by atoms with Crippen molar-refractivity contribution in [3.05, 3.63) is 35.1 Å². The highest BCUT2D eigenvalue weighted by molar-refractivity contribution is 5.94. The van der Waals surface area contributed by atoms with Crippen molar-refractivity contribution in [3.8, 4) is 0 Å². The third-order valence-electron chi connectivity index (χ3n) is 2.00. The number of benzene rings is 1. The molecule has 68 valence electrons. The van der Waals surface area contributed by atoms with Crippen molar-refractivity contribution >= 4 is 5.90 Å². The molecule has 1 aromatic carbocycles. The van der Waals surface area contributed by atoms with Crippen molar-refractivity contribution in [3.63, 3.8) is 0 Å². The molecule has 0 fully saturated rings. The number of aliphatic imine (C=N–C) groups is 1. The average molecular weight is 179 g/mol. The average Bonchev–Trinajstić information content (AvgIpc) is 2.62. The monoisotopic (exact) mass is 179 g/mol. The lowest BCUT2D eigenvalue weighted by Crippen LogP contribution is -2.01. The van der Waals surface area contributed by atoms with Gasteiger partial charge in [0.05, 0.1) is 6.54 Å². The summed E-state index contributed by atoms with van der Waals surface area (Å²) in [6.07, 6.45) is 0. The number of aryl methyl sites for hydroxylation is 1. The summed E-state index contributed by atoms with van der Waals surface area (Å²) in [6, 6.07) is 5.01. The van der Waals surface area contributed by atoms with Gasteiger partial charge in [-0.05, 0) is 24.6 Å². The summed E-state index contributed by atoms with van der Waals surface area (Å²) in [5.74, 6) is 0.342. The van der Waals surface area contributed by atoms with E-state index in [1.807, 2.05) is 6.07 Å². The largest absolute Gasteiger partial charge is 0.476 e. The number of halogens is 1. The Morgan fingerprint density at radius 1 is 1.46 bits per heavy atom. The van der Waals surface area contributed by atoms with Gasteiger partial charge in [-0.3, -0.25) is 0 Å². The van der Waals surface area contributed by atoms with Crippen molar-refractivity contribution < 1.29 is 9.13 Å². The smallest absolute Gasteiger partial charge is 0.216 e. The van der Waals surface area contributed by atoms with E-state index in [1.54, 1.807) is 13.0 Å². The van der Waals surface area contributed by atoms with Crippen LogP contribution in [0.4, 0.5) is 4.39 Å². The Balaban J connectivity index is 2.36. The molecule has 0 aliphatic carbocycles. The fourth-order valence-electron chi connectivity index (χ4n) is 1.24. The summed E-state index contributed by atoms with van der Waals surface area (Å²) in [7, 11) is 0. The van der Waals surface area contributed by atoms with Gasteiger partial charge in [-0.25, -0.2) is 9.38 Å². The van der Waals surface area contributed by atoms with Crippen LogP contribution in [0, 0.1) is 12.7 Å². The molecule has 0 bridgehead atoms. The van der Waals surface area contributed by atoms with Crippen molar-refractivity contribution in [2.75, 3.05) is 13.2 Å². The van der Waals surface area contributed by atoms with E-state index in [1.165, 1.54) is 6.07 Å². The Bertz CT molecular complexity index is 360. The van der Waals surface area contributed by atoms with Crippen LogP contribution in [0.25, 0.3) is 0 Å². The van der Waals surface area contributed by atoms with Crippen LogP contribution in [0.5, 0.6) is 0 Å². The van der Waals surface area contributed by atoms with Crippen LogP contribution in [0.3, 0.4) is 0 Å². The molecule has 0 radical (unpaired) electrons. The van der Waals surface area contributed by atoms with Gasteiger partial charge in [0.15, 0.2) is 0 Å². The Morgan fingerprint density at radius 2 is 2.31 bits per heavy atom. The maximum absolute atomic E-state index is 13.1. The molecule has 3 heteroatoms.